The number of alkyl halides is 2. The summed E-state index contributed by atoms with van der Waals surface area (Å²) in [7, 11) is 0. The minimum absolute atomic E-state index is 0.232. The van der Waals surface area contributed by atoms with Gasteiger partial charge in [-0.2, -0.15) is 0 Å². The molecule has 0 aromatic heterocycles. The summed E-state index contributed by atoms with van der Waals surface area (Å²) in [6.07, 6.45) is -2.08. The smallest absolute Gasteiger partial charge is 0.310 e. The Bertz CT molecular complexity index is 432. The predicted molar refractivity (Wildman–Crippen MR) is 60.1 cm³/mol. The van der Waals surface area contributed by atoms with Gasteiger partial charge in [-0.3, -0.25) is 9.59 Å². The molecule has 0 aliphatic rings. The van der Waals surface area contributed by atoms with Crippen molar-refractivity contribution < 1.29 is 33.0 Å². The molecule has 1 rings (SSSR count). The standard InChI is InChI=1S/C12H12F2O5/c13-6-18-9-3-1-8(2-4-9)12(19-7-14)10(15)5-11(16)17/h1-4,12H,5-7H2,(H,16,17). The number of halogens is 2. The molecule has 1 aromatic rings. The maximum Gasteiger partial charge on any atom is 0.310 e. The average molecular weight is 274 g/mol. The number of ketones is 1. The van der Waals surface area contributed by atoms with E-state index in [2.05, 4.69) is 9.47 Å². The molecule has 104 valence electrons. The molecule has 0 radical (unpaired) electrons. The Balaban J connectivity index is 2.85. The Hall–Kier alpha value is -2.02. The minimum Gasteiger partial charge on any atom is -0.481 e. The van der Waals surface area contributed by atoms with Crippen LogP contribution in [0.5, 0.6) is 5.75 Å². The first-order chi connectivity index (χ1) is 9.08. The van der Waals surface area contributed by atoms with E-state index in [-0.39, 0.29) is 11.3 Å². The van der Waals surface area contributed by atoms with E-state index >= 15 is 0 Å². The van der Waals surface area contributed by atoms with Crippen LogP contribution in [0.2, 0.25) is 0 Å². The van der Waals surface area contributed by atoms with Gasteiger partial charge in [-0.25, -0.2) is 8.78 Å². The molecule has 0 saturated heterocycles. The van der Waals surface area contributed by atoms with Gasteiger partial charge < -0.3 is 14.6 Å². The van der Waals surface area contributed by atoms with Crippen LogP contribution in [0.15, 0.2) is 24.3 Å². The highest BCUT2D eigenvalue weighted by molar-refractivity contribution is 5.97. The third kappa shape index (κ3) is 4.63. The van der Waals surface area contributed by atoms with Crippen molar-refractivity contribution in [2.45, 2.75) is 12.5 Å². The van der Waals surface area contributed by atoms with Gasteiger partial charge >= 0.3 is 5.97 Å². The van der Waals surface area contributed by atoms with Crippen molar-refractivity contribution in [2.75, 3.05) is 13.7 Å². The molecule has 1 aromatic carbocycles. The van der Waals surface area contributed by atoms with Crippen LogP contribution in [0.4, 0.5) is 8.78 Å². The molecule has 1 N–H and O–H groups in total. The van der Waals surface area contributed by atoms with Crippen LogP contribution in [0.3, 0.4) is 0 Å². The highest BCUT2D eigenvalue weighted by atomic mass is 19.1. The van der Waals surface area contributed by atoms with E-state index in [1.807, 2.05) is 0 Å². The summed E-state index contributed by atoms with van der Waals surface area (Å²) >= 11 is 0. The molecule has 0 heterocycles. The Kier molecular flexibility index (Phi) is 5.87. The van der Waals surface area contributed by atoms with Crippen LogP contribution in [-0.4, -0.2) is 30.6 Å². The van der Waals surface area contributed by atoms with E-state index in [1.165, 1.54) is 24.3 Å². The first-order valence-electron chi connectivity index (χ1n) is 5.29. The van der Waals surface area contributed by atoms with E-state index in [9.17, 15) is 18.4 Å². The molecule has 0 aliphatic heterocycles. The normalized spacial score (nSPS) is 11.9. The van der Waals surface area contributed by atoms with Gasteiger partial charge in [0.15, 0.2) is 12.6 Å². The zero-order valence-corrected chi connectivity index (χ0v) is 9.84. The fourth-order valence-corrected chi connectivity index (χ4v) is 1.48. The Labute approximate surface area is 107 Å². The summed E-state index contributed by atoms with van der Waals surface area (Å²) in [5, 5.41) is 8.53. The molecule has 19 heavy (non-hydrogen) atoms. The van der Waals surface area contributed by atoms with E-state index < -0.39 is 38.0 Å². The zero-order chi connectivity index (χ0) is 14.3. The predicted octanol–water partition coefficient (Wildman–Crippen LogP) is 2.02. The maximum absolute atomic E-state index is 12.2. The lowest BCUT2D eigenvalue weighted by Gasteiger charge is -2.14. The van der Waals surface area contributed by atoms with Crippen molar-refractivity contribution in [3.05, 3.63) is 29.8 Å². The fraction of sp³-hybridized carbons (Fsp3) is 0.333. The van der Waals surface area contributed by atoms with Crippen molar-refractivity contribution in [1.29, 1.82) is 0 Å². The summed E-state index contributed by atoms with van der Waals surface area (Å²) in [5.41, 5.74) is 0.273. The monoisotopic (exact) mass is 274 g/mol. The number of hydrogen-bond donors (Lipinski definition) is 1. The van der Waals surface area contributed by atoms with Crippen molar-refractivity contribution in [3.8, 4) is 5.75 Å². The van der Waals surface area contributed by atoms with Crippen molar-refractivity contribution in [1.82, 2.24) is 0 Å². The topological polar surface area (TPSA) is 72.8 Å². The number of ether oxygens (including phenoxy) is 2. The molecule has 1 atom stereocenters. The van der Waals surface area contributed by atoms with Crippen LogP contribution < -0.4 is 4.74 Å². The Morgan fingerprint density at radius 3 is 2.26 bits per heavy atom. The van der Waals surface area contributed by atoms with E-state index in [0.717, 1.165) is 0 Å². The van der Waals surface area contributed by atoms with Gasteiger partial charge in [0.1, 0.15) is 18.3 Å². The number of benzene rings is 1. The number of rotatable bonds is 8. The van der Waals surface area contributed by atoms with Gasteiger partial charge in [-0.05, 0) is 17.7 Å². The van der Waals surface area contributed by atoms with Gasteiger partial charge in [0, 0.05) is 0 Å². The second kappa shape index (κ2) is 7.42. The van der Waals surface area contributed by atoms with E-state index in [4.69, 9.17) is 5.11 Å². The number of aliphatic carboxylic acids is 1. The lowest BCUT2D eigenvalue weighted by molar-refractivity contribution is -0.145. The summed E-state index contributed by atoms with van der Waals surface area (Å²) in [4.78, 5) is 22.0. The van der Waals surface area contributed by atoms with Crippen LogP contribution >= 0.6 is 0 Å². The highest BCUT2D eigenvalue weighted by Gasteiger charge is 2.23. The lowest BCUT2D eigenvalue weighted by atomic mass is 10.0. The average Bonchev–Trinajstić information content (AvgIpc) is 2.36. The number of Topliss-reactive ketones (excluding diaryl/α,β-unsaturated/α-hetero) is 1. The molecule has 7 heteroatoms. The van der Waals surface area contributed by atoms with Gasteiger partial charge in [0.2, 0.25) is 6.86 Å². The van der Waals surface area contributed by atoms with Crippen LogP contribution in [-0.2, 0) is 14.3 Å². The highest BCUT2D eigenvalue weighted by Crippen LogP contribution is 2.23. The summed E-state index contributed by atoms with van der Waals surface area (Å²) in [5.74, 6) is -1.87. The molecule has 0 bridgehead atoms. The molecular formula is C12H12F2O5. The first kappa shape index (κ1) is 15.0. The maximum atomic E-state index is 12.2. The van der Waals surface area contributed by atoms with Crippen LogP contribution in [0, 0.1) is 0 Å². The summed E-state index contributed by atoms with van der Waals surface area (Å²) in [6, 6.07) is 5.51. The first-order valence-corrected chi connectivity index (χ1v) is 5.29. The molecule has 0 spiro atoms. The molecule has 5 nitrogen and oxygen atoms in total. The number of carbonyl (C=O) groups is 2. The SMILES string of the molecule is O=C(O)CC(=O)C(OCF)c1ccc(OCF)cc1. The summed E-state index contributed by atoms with van der Waals surface area (Å²) < 4.78 is 33.3. The van der Waals surface area contributed by atoms with Gasteiger partial charge in [0.25, 0.3) is 0 Å². The van der Waals surface area contributed by atoms with Crippen molar-refractivity contribution in [3.63, 3.8) is 0 Å². The third-order valence-electron chi connectivity index (χ3n) is 2.25. The van der Waals surface area contributed by atoms with Gasteiger partial charge in [-0.15, -0.1) is 0 Å². The number of carboxylic acids is 1. The largest absolute Gasteiger partial charge is 0.481 e. The number of carboxylic acid groups (broad SMARTS) is 1. The van der Waals surface area contributed by atoms with E-state index in [1.54, 1.807) is 0 Å². The van der Waals surface area contributed by atoms with Crippen LogP contribution in [0.1, 0.15) is 18.1 Å². The zero-order valence-electron chi connectivity index (χ0n) is 9.84. The Morgan fingerprint density at radius 2 is 1.79 bits per heavy atom. The minimum atomic E-state index is -1.32. The van der Waals surface area contributed by atoms with Crippen LogP contribution in [0.25, 0.3) is 0 Å². The number of carbonyl (C=O) groups excluding carboxylic acids is 1. The Morgan fingerprint density at radius 1 is 1.16 bits per heavy atom. The molecule has 0 amide bonds. The van der Waals surface area contributed by atoms with Crippen molar-refractivity contribution >= 4 is 11.8 Å². The molecule has 1 unspecified atom stereocenters. The molecular weight excluding hydrogens is 262 g/mol. The second-order valence-corrected chi connectivity index (χ2v) is 3.52. The molecule has 0 fully saturated rings. The van der Waals surface area contributed by atoms with Gasteiger partial charge in [0.05, 0.1) is 0 Å². The van der Waals surface area contributed by atoms with Gasteiger partial charge in [-0.1, -0.05) is 12.1 Å². The lowest BCUT2D eigenvalue weighted by Crippen LogP contribution is -2.19. The number of hydrogen-bond acceptors (Lipinski definition) is 4. The second-order valence-electron chi connectivity index (χ2n) is 3.52. The quantitative estimate of drug-likeness (QED) is 0.734. The molecule has 0 aliphatic carbocycles. The fourth-order valence-electron chi connectivity index (χ4n) is 1.48. The third-order valence-corrected chi connectivity index (χ3v) is 2.25. The van der Waals surface area contributed by atoms with E-state index in [0.29, 0.717) is 0 Å². The molecule has 0 saturated carbocycles. The summed E-state index contributed by atoms with van der Waals surface area (Å²) in [6.45, 7) is -2.22. The van der Waals surface area contributed by atoms with Crippen molar-refractivity contribution in [2.24, 2.45) is 0 Å².